The Kier molecular flexibility index (Phi) is 18.3. The van der Waals surface area contributed by atoms with E-state index in [4.69, 9.17) is 54.4 Å². The van der Waals surface area contributed by atoms with Crippen LogP contribution in [0.1, 0.15) is 52.6 Å². The normalized spacial score (nSPS) is 11.9. The van der Waals surface area contributed by atoms with Gasteiger partial charge < -0.3 is 30.3 Å². The van der Waals surface area contributed by atoms with Crippen LogP contribution in [-0.4, -0.2) is 93.0 Å². The highest BCUT2D eigenvalue weighted by molar-refractivity contribution is 7.51. The number of hydrogen-bond donors (Lipinski definition) is 6. The van der Waals surface area contributed by atoms with Crippen LogP contribution in [0.15, 0.2) is 16.9 Å². The molecule has 2 heterocycles. The molecule has 0 saturated heterocycles. The standard InChI is InChI=1S/C15H14Cl2F3N3O3.C9H16ClN5.C3H8NO5P/c1-3-26-13(24)10(17)4-8-5-12(11(18)6-9(8)16)23-15(25)22(14(19)20)7(2)21-23;1-5-11-7-12-6(10)13-8(14-7)15-9(2,3)4;5-3(6)1-4-2-10(7,8)9/h5-6,10,14H,3-4H2,1-2H3;5H2,1-4H3,(H2,11,12,13,14,15);4H,1-2H2,(H,5,6)(H2,7,8,9). The molecule has 0 saturated carbocycles. The number of aryl methyl sites for hydroxylation is 1. The molecule has 1 unspecified atom stereocenters. The third kappa shape index (κ3) is 16.6. The highest BCUT2D eigenvalue weighted by Crippen LogP contribution is 2.31. The Balaban J connectivity index is 0.000000438. The van der Waals surface area contributed by atoms with Crippen molar-refractivity contribution in [3.8, 4) is 5.69 Å². The van der Waals surface area contributed by atoms with Crippen LogP contribution in [-0.2, 0) is 25.3 Å². The Morgan fingerprint density at radius 1 is 1.10 bits per heavy atom. The average molecular weight is 811 g/mol. The van der Waals surface area contributed by atoms with E-state index < -0.39 is 55.8 Å². The summed E-state index contributed by atoms with van der Waals surface area (Å²) in [5, 5.41) is 18.9. The molecule has 24 heteroatoms. The lowest BCUT2D eigenvalue weighted by molar-refractivity contribution is -0.142. The van der Waals surface area contributed by atoms with Crippen molar-refractivity contribution in [2.45, 2.75) is 65.4 Å². The molecule has 0 fully saturated rings. The van der Waals surface area contributed by atoms with Crippen LogP contribution in [0.5, 0.6) is 0 Å². The zero-order valence-electron chi connectivity index (χ0n) is 28.1. The molecule has 6 N–H and O–H groups in total. The zero-order chi connectivity index (χ0) is 39.3. The first kappa shape index (κ1) is 45.5. The van der Waals surface area contributed by atoms with Crippen LogP contribution in [0, 0.1) is 12.7 Å². The molecule has 1 atom stereocenters. The smallest absolute Gasteiger partial charge is 0.355 e. The minimum atomic E-state index is -4.10. The van der Waals surface area contributed by atoms with Gasteiger partial charge in [-0.15, -0.1) is 16.7 Å². The van der Waals surface area contributed by atoms with Crippen molar-refractivity contribution in [1.82, 2.24) is 34.6 Å². The SMILES string of the molecule is CCNc1nc(Cl)nc(NC(C)(C)C)n1.CCOC(=O)C(Cl)Cc1cc(-n2nc(C)n(C(F)F)c2=O)c(F)cc1Cl.O=C(O)CNCP(=O)(O)O. The summed E-state index contributed by atoms with van der Waals surface area (Å²) < 4.78 is 55.5. The number of carboxylic acids is 1. The van der Waals surface area contributed by atoms with Crippen LogP contribution in [0.3, 0.4) is 0 Å². The van der Waals surface area contributed by atoms with Crippen molar-refractivity contribution < 1.29 is 47.0 Å². The molecule has 17 nitrogen and oxygen atoms in total. The maximum absolute atomic E-state index is 14.2. The molecule has 0 aliphatic carbocycles. The minimum Gasteiger partial charge on any atom is -0.480 e. The number of anilines is 2. The number of carbonyl (C=O) groups excluding carboxylic acids is 1. The summed E-state index contributed by atoms with van der Waals surface area (Å²) in [6, 6.07) is 2.03. The van der Waals surface area contributed by atoms with E-state index in [0.29, 0.717) is 16.6 Å². The number of hydrogen-bond acceptors (Lipinski definition) is 12. The number of esters is 1. The van der Waals surface area contributed by atoms with Crippen LogP contribution in [0.2, 0.25) is 10.3 Å². The van der Waals surface area contributed by atoms with Crippen molar-refractivity contribution in [1.29, 1.82) is 0 Å². The van der Waals surface area contributed by atoms with Crippen molar-refractivity contribution in [3.05, 3.63) is 50.1 Å². The second kappa shape index (κ2) is 20.5. The van der Waals surface area contributed by atoms with Gasteiger partial charge in [-0.1, -0.05) is 11.6 Å². The number of benzene rings is 1. The second-order valence-electron chi connectivity index (χ2n) is 11.0. The summed E-state index contributed by atoms with van der Waals surface area (Å²) in [5.74, 6) is -2.09. The van der Waals surface area contributed by atoms with Crippen LogP contribution in [0.4, 0.5) is 25.1 Å². The molecule has 3 aromatic rings. The summed E-state index contributed by atoms with van der Waals surface area (Å²) in [6.45, 7) is 8.15. The molecule has 286 valence electrons. The van der Waals surface area contributed by atoms with E-state index in [-0.39, 0.29) is 50.5 Å². The van der Waals surface area contributed by atoms with Crippen LogP contribution in [0.25, 0.3) is 5.69 Å². The fraction of sp³-hybridized carbons (Fsp3) is 0.519. The molecular weight excluding hydrogens is 773 g/mol. The monoisotopic (exact) mass is 809 g/mol. The van der Waals surface area contributed by atoms with Crippen molar-refractivity contribution in [2.24, 2.45) is 0 Å². The molecule has 0 aliphatic heterocycles. The van der Waals surface area contributed by atoms with Gasteiger partial charge in [-0.05, 0) is 70.8 Å². The number of nitrogens with zero attached hydrogens (tertiary/aromatic N) is 6. The van der Waals surface area contributed by atoms with Crippen molar-refractivity contribution >= 4 is 66.2 Å². The molecule has 2 aromatic heterocycles. The number of carboxylic acid groups (broad SMARTS) is 1. The lowest BCUT2D eigenvalue weighted by Crippen LogP contribution is -2.27. The lowest BCUT2D eigenvalue weighted by atomic mass is 10.1. The van der Waals surface area contributed by atoms with E-state index >= 15 is 0 Å². The number of aromatic nitrogens is 6. The average Bonchev–Trinajstić information content (AvgIpc) is 3.26. The first-order valence-corrected chi connectivity index (χ1v) is 17.6. The van der Waals surface area contributed by atoms with Crippen molar-refractivity contribution in [2.75, 3.05) is 36.6 Å². The predicted octanol–water partition coefficient (Wildman–Crippen LogP) is 4.21. The number of aliphatic carboxylic acids is 1. The first-order valence-electron chi connectivity index (χ1n) is 14.7. The summed E-state index contributed by atoms with van der Waals surface area (Å²) in [5.41, 5.74) is -1.47. The number of alkyl halides is 3. The molecule has 51 heavy (non-hydrogen) atoms. The Labute approximate surface area is 305 Å². The van der Waals surface area contributed by atoms with Gasteiger partial charge in [0.2, 0.25) is 17.2 Å². The highest BCUT2D eigenvalue weighted by Gasteiger charge is 2.24. The van der Waals surface area contributed by atoms with Gasteiger partial charge in [0.05, 0.1) is 19.4 Å². The number of carbonyl (C=O) groups is 2. The Hall–Kier alpha value is -3.52. The minimum absolute atomic E-state index is 0.0424. The summed E-state index contributed by atoms with van der Waals surface area (Å²) in [6.07, 6.45) is -0.713. The van der Waals surface area contributed by atoms with Gasteiger partial charge in [-0.25, -0.2) is 13.8 Å². The van der Waals surface area contributed by atoms with Gasteiger partial charge in [-0.2, -0.15) is 28.4 Å². The van der Waals surface area contributed by atoms with E-state index in [2.05, 4.69) is 36.0 Å². The van der Waals surface area contributed by atoms with Gasteiger partial charge in [0, 0.05) is 23.5 Å². The van der Waals surface area contributed by atoms with Crippen LogP contribution < -0.4 is 21.6 Å². The summed E-state index contributed by atoms with van der Waals surface area (Å²) in [7, 11) is -4.10. The summed E-state index contributed by atoms with van der Waals surface area (Å²) >= 11 is 17.7. The molecule has 0 radical (unpaired) electrons. The van der Waals surface area contributed by atoms with E-state index in [9.17, 15) is 32.1 Å². The van der Waals surface area contributed by atoms with E-state index in [1.54, 1.807) is 6.92 Å². The second-order valence-corrected chi connectivity index (χ2v) is 13.9. The third-order valence-corrected chi connectivity index (χ3v) is 6.97. The maximum atomic E-state index is 14.2. The number of halogens is 6. The van der Waals surface area contributed by atoms with Gasteiger partial charge >= 0.3 is 31.8 Å². The van der Waals surface area contributed by atoms with Gasteiger partial charge in [0.15, 0.2) is 5.82 Å². The molecule has 0 aliphatic rings. The molecule has 3 rings (SSSR count). The van der Waals surface area contributed by atoms with Gasteiger partial charge in [0.25, 0.3) is 0 Å². The maximum Gasteiger partial charge on any atom is 0.355 e. The predicted molar refractivity (Wildman–Crippen MR) is 184 cm³/mol. The summed E-state index contributed by atoms with van der Waals surface area (Å²) in [4.78, 5) is 62.0. The Bertz CT molecular complexity index is 1740. The first-order chi connectivity index (χ1) is 23.5. The van der Waals surface area contributed by atoms with Crippen LogP contribution >= 0.6 is 42.4 Å². The topological polar surface area (TPSA) is 236 Å². The largest absolute Gasteiger partial charge is 0.480 e. The molecule has 1 aromatic carbocycles. The van der Waals surface area contributed by atoms with Crippen molar-refractivity contribution in [3.63, 3.8) is 0 Å². The number of rotatable bonds is 13. The fourth-order valence-electron chi connectivity index (χ4n) is 3.55. The molecule has 0 bridgehead atoms. The lowest BCUT2D eigenvalue weighted by Gasteiger charge is -2.20. The fourth-order valence-corrected chi connectivity index (χ4v) is 4.57. The quantitative estimate of drug-likeness (QED) is 0.0806. The van der Waals surface area contributed by atoms with Gasteiger partial charge in [-0.3, -0.25) is 19.5 Å². The molecule has 0 amide bonds. The van der Waals surface area contributed by atoms with E-state index in [1.807, 2.05) is 27.7 Å². The third-order valence-electron chi connectivity index (χ3n) is 5.49. The number of nitrogens with one attached hydrogen (secondary N) is 3. The highest BCUT2D eigenvalue weighted by atomic mass is 35.5. The zero-order valence-corrected chi connectivity index (χ0v) is 31.3. The van der Waals surface area contributed by atoms with E-state index in [1.165, 1.54) is 6.92 Å². The molecule has 0 spiro atoms. The molecular formula is C27H38Cl3F3N9O8P. The number of ether oxygens (including phenoxy) is 1. The Morgan fingerprint density at radius 3 is 2.20 bits per heavy atom. The van der Waals surface area contributed by atoms with Gasteiger partial charge in [0.1, 0.15) is 16.9 Å². The van der Waals surface area contributed by atoms with E-state index in [0.717, 1.165) is 18.7 Å². The Morgan fingerprint density at radius 2 is 1.71 bits per heavy atom.